The molecule has 29 heavy (non-hydrogen) atoms. The van der Waals surface area contributed by atoms with Crippen LogP contribution in [0.3, 0.4) is 0 Å². The van der Waals surface area contributed by atoms with Crippen molar-refractivity contribution >= 4 is 11.6 Å². The maximum absolute atomic E-state index is 11.6. The fourth-order valence-corrected chi connectivity index (χ4v) is 3.02. The summed E-state index contributed by atoms with van der Waals surface area (Å²) in [5.74, 6) is 0.576. The summed E-state index contributed by atoms with van der Waals surface area (Å²) in [5, 5.41) is 17.4. The number of ether oxygens (including phenoxy) is 3. The van der Waals surface area contributed by atoms with Crippen LogP contribution < -0.4 is 25.8 Å². The van der Waals surface area contributed by atoms with Crippen LogP contribution in [0, 0.1) is 10.1 Å². The van der Waals surface area contributed by atoms with Gasteiger partial charge in [0.2, 0.25) is 5.91 Å². The van der Waals surface area contributed by atoms with Gasteiger partial charge in [-0.2, -0.15) is 0 Å². The average molecular weight is 410 g/mol. The average Bonchev–Trinajstić information content (AvgIpc) is 2.74. The van der Waals surface area contributed by atoms with Crippen LogP contribution in [0.1, 0.15) is 37.7 Å². The second-order valence-electron chi connectivity index (χ2n) is 6.72. The molecular formula is C19H30N4O6. The molecule has 1 heterocycles. The van der Waals surface area contributed by atoms with E-state index in [-0.39, 0.29) is 36.6 Å². The van der Waals surface area contributed by atoms with E-state index in [9.17, 15) is 14.9 Å². The molecule has 0 bridgehead atoms. The standard InChI is InChI=1S/C19H30N4O6/c1-27-16-11-14(13-22-19-6-2-3-9-29-19)15(23(25)26)12-17(16)28-10-4-5-18(24)21-8-7-20/h11-12,19,22H,2-10,13,20H2,1H3,(H,21,24). The largest absolute Gasteiger partial charge is 0.493 e. The lowest BCUT2D eigenvalue weighted by molar-refractivity contribution is -0.385. The predicted octanol–water partition coefficient (Wildman–Crippen LogP) is 1.45. The van der Waals surface area contributed by atoms with E-state index in [1.54, 1.807) is 6.07 Å². The molecule has 1 aromatic carbocycles. The van der Waals surface area contributed by atoms with E-state index in [0.717, 1.165) is 19.3 Å². The zero-order chi connectivity index (χ0) is 21.1. The van der Waals surface area contributed by atoms with Gasteiger partial charge in [0.1, 0.15) is 6.23 Å². The van der Waals surface area contributed by atoms with Crippen molar-refractivity contribution in [1.29, 1.82) is 0 Å². The lowest BCUT2D eigenvalue weighted by atomic mass is 10.1. The van der Waals surface area contributed by atoms with Gasteiger partial charge in [-0.15, -0.1) is 0 Å². The van der Waals surface area contributed by atoms with Gasteiger partial charge in [0.25, 0.3) is 5.69 Å². The Hall–Kier alpha value is -2.43. The van der Waals surface area contributed by atoms with Crippen LogP contribution in [0.25, 0.3) is 0 Å². The van der Waals surface area contributed by atoms with Gasteiger partial charge in [-0.25, -0.2) is 0 Å². The van der Waals surface area contributed by atoms with Crippen LogP contribution in [0.5, 0.6) is 11.5 Å². The van der Waals surface area contributed by atoms with Crippen LogP contribution in [-0.2, 0) is 16.1 Å². The summed E-state index contributed by atoms with van der Waals surface area (Å²) >= 11 is 0. The Bertz CT molecular complexity index is 679. The van der Waals surface area contributed by atoms with Gasteiger partial charge in [0, 0.05) is 38.2 Å². The monoisotopic (exact) mass is 410 g/mol. The number of hydrogen-bond acceptors (Lipinski definition) is 8. The van der Waals surface area contributed by atoms with Crippen molar-refractivity contribution in [1.82, 2.24) is 10.6 Å². The lowest BCUT2D eigenvalue weighted by Crippen LogP contribution is -2.34. The summed E-state index contributed by atoms with van der Waals surface area (Å²) < 4.78 is 16.6. The highest BCUT2D eigenvalue weighted by Gasteiger charge is 2.21. The van der Waals surface area contributed by atoms with Crippen LogP contribution in [0.2, 0.25) is 0 Å². The number of hydrogen-bond donors (Lipinski definition) is 3. The van der Waals surface area contributed by atoms with Gasteiger partial charge in [-0.1, -0.05) is 0 Å². The Morgan fingerprint density at radius 2 is 2.21 bits per heavy atom. The van der Waals surface area contributed by atoms with Gasteiger partial charge in [0.05, 0.1) is 24.7 Å². The molecule has 1 atom stereocenters. The minimum atomic E-state index is -0.439. The molecular weight excluding hydrogens is 380 g/mol. The van der Waals surface area contributed by atoms with Crippen molar-refractivity contribution in [3.05, 3.63) is 27.8 Å². The summed E-state index contributed by atoms with van der Waals surface area (Å²) in [6, 6.07) is 2.98. The highest BCUT2D eigenvalue weighted by Crippen LogP contribution is 2.35. The molecule has 162 valence electrons. The summed E-state index contributed by atoms with van der Waals surface area (Å²) in [5.41, 5.74) is 5.78. The molecule has 0 saturated carbocycles. The third-order valence-corrected chi connectivity index (χ3v) is 4.53. The first-order valence-corrected chi connectivity index (χ1v) is 9.85. The fourth-order valence-electron chi connectivity index (χ4n) is 3.02. The molecule has 4 N–H and O–H groups in total. The van der Waals surface area contributed by atoms with Crippen LogP contribution >= 0.6 is 0 Å². The fraction of sp³-hybridized carbons (Fsp3) is 0.632. The number of benzene rings is 1. The zero-order valence-electron chi connectivity index (χ0n) is 16.8. The molecule has 1 amide bonds. The minimum Gasteiger partial charge on any atom is -0.493 e. The van der Waals surface area contributed by atoms with E-state index in [1.165, 1.54) is 13.2 Å². The van der Waals surface area contributed by atoms with Crippen molar-refractivity contribution in [2.75, 3.05) is 33.4 Å². The number of carbonyl (C=O) groups excluding carboxylic acids is 1. The molecule has 2 rings (SSSR count). The van der Waals surface area contributed by atoms with Gasteiger partial charge < -0.3 is 25.3 Å². The van der Waals surface area contributed by atoms with E-state index in [0.29, 0.717) is 44.0 Å². The number of carbonyl (C=O) groups is 1. The summed E-state index contributed by atoms with van der Waals surface area (Å²) in [4.78, 5) is 22.7. The van der Waals surface area contributed by atoms with E-state index in [4.69, 9.17) is 19.9 Å². The summed E-state index contributed by atoms with van der Waals surface area (Å²) in [7, 11) is 1.48. The maximum atomic E-state index is 11.6. The Morgan fingerprint density at radius 3 is 2.86 bits per heavy atom. The van der Waals surface area contributed by atoms with Gasteiger partial charge in [-0.3, -0.25) is 20.2 Å². The smallest absolute Gasteiger partial charge is 0.277 e. The van der Waals surface area contributed by atoms with E-state index < -0.39 is 4.92 Å². The number of nitrogens with two attached hydrogens (primary N) is 1. The Balaban J connectivity index is 1.98. The summed E-state index contributed by atoms with van der Waals surface area (Å²) in [6.45, 7) is 2.04. The second kappa shape index (κ2) is 12.2. The number of nitrogens with one attached hydrogen (secondary N) is 2. The highest BCUT2D eigenvalue weighted by molar-refractivity contribution is 5.75. The quantitative estimate of drug-likeness (QED) is 0.267. The first kappa shape index (κ1) is 22.9. The number of methoxy groups -OCH3 is 1. The minimum absolute atomic E-state index is 0.0511. The molecule has 10 nitrogen and oxygen atoms in total. The topological polar surface area (TPSA) is 138 Å². The van der Waals surface area contributed by atoms with Gasteiger partial charge >= 0.3 is 0 Å². The highest BCUT2D eigenvalue weighted by atomic mass is 16.6. The van der Waals surface area contributed by atoms with Crippen LogP contribution in [0.4, 0.5) is 5.69 Å². The van der Waals surface area contributed by atoms with Crippen LogP contribution in [0.15, 0.2) is 12.1 Å². The Labute approximate surface area is 170 Å². The van der Waals surface area contributed by atoms with Crippen molar-refractivity contribution in [2.45, 2.75) is 44.9 Å². The Morgan fingerprint density at radius 1 is 1.38 bits per heavy atom. The van der Waals surface area contributed by atoms with Crippen molar-refractivity contribution in [2.24, 2.45) is 5.73 Å². The van der Waals surface area contributed by atoms with Gasteiger partial charge in [0.15, 0.2) is 11.5 Å². The van der Waals surface area contributed by atoms with Crippen molar-refractivity contribution in [3.63, 3.8) is 0 Å². The third kappa shape index (κ3) is 7.48. The first-order chi connectivity index (χ1) is 14.0. The van der Waals surface area contributed by atoms with Crippen molar-refractivity contribution in [3.8, 4) is 11.5 Å². The Kier molecular flexibility index (Phi) is 9.62. The normalized spacial score (nSPS) is 16.3. The second-order valence-corrected chi connectivity index (χ2v) is 6.72. The molecule has 0 aromatic heterocycles. The first-order valence-electron chi connectivity index (χ1n) is 9.85. The molecule has 1 unspecified atom stereocenters. The van der Waals surface area contributed by atoms with E-state index in [1.807, 2.05) is 0 Å². The van der Waals surface area contributed by atoms with Gasteiger partial charge in [-0.05, 0) is 31.7 Å². The number of nitro benzene ring substituents is 1. The number of rotatable bonds is 12. The van der Waals surface area contributed by atoms with Crippen LogP contribution in [-0.4, -0.2) is 50.5 Å². The number of nitrogens with zero attached hydrogens (tertiary/aromatic N) is 1. The molecule has 1 saturated heterocycles. The molecule has 1 aliphatic rings. The maximum Gasteiger partial charge on any atom is 0.277 e. The van der Waals surface area contributed by atoms with E-state index in [2.05, 4.69) is 10.6 Å². The molecule has 0 radical (unpaired) electrons. The molecule has 10 heteroatoms. The SMILES string of the molecule is COc1cc(CNC2CCCCO2)c([N+](=O)[O-])cc1OCCCC(=O)NCCN. The molecule has 0 aliphatic carbocycles. The number of nitro groups is 1. The number of amides is 1. The summed E-state index contributed by atoms with van der Waals surface area (Å²) in [6.07, 6.45) is 3.64. The lowest BCUT2D eigenvalue weighted by Gasteiger charge is -2.23. The van der Waals surface area contributed by atoms with Crippen molar-refractivity contribution < 1.29 is 23.9 Å². The molecule has 1 fully saturated rings. The zero-order valence-corrected chi connectivity index (χ0v) is 16.8. The molecule has 1 aromatic rings. The predicted molar refractivity (Wildman–Crippen MR) is 107 cm³/mol. The molecule has 0 spiro atoms. The molecule has 1 aliphatic heterocycles. The van der Waals surface area contributed by atoms with E-state index >= 15 is 0 Å². The third-order valence-electron chi connectivity index (χ3n) is 4.53.